The lowest BCUT2D eigenvalue weighted by Crippen LogP contribution is -2.45. The monoisotopic (exact) mass is 416 g/mol. The first-order chi connectivity index (χ1) is 14.0. The number of rotatable bonds is 4. The highest BCUT2D eigenvalue weighted by atomic mass is 35.5. The Balaban J connectivity index is 1.19. The van der Waals surface area contributed by atoms with Gasteiger partial charge in [-0.25, -0.2) is 0 Å². The zero-order valence-corrected chi connectivity index (χ0v) is 17.2. The molecule has 0 radical (unpaired) electrons. The average Bonchev–Trinajstić information content (AvgIpc) is 3.31. The number of likely N-dealkylation sites (tertiary alicyclic amines) is 1. The molecule has 1 saturated heterocycles. The van der Waals surface area contributed by atoms with Crippen LogP contribution in [0.4, 0.5) is 6.01 Å². The number of aromatic nitrogens is 2. The molecule has 1 unspecified atom stereocenters. The molecule has 1 spiro atoms. The summed E-state index contributed by atoms with van der Waals surface area (Å²) < 4.78 is 11.8. The molecule has 154 valence electrons. The number of carbonyl (C=O) groups excluding carboxylic acids is 1. The van der Waals surface area contributed by atoms with Gasteiger partial charge in [0.1, 0.15) is 11.8 Å². The summed E-state index contributed by atoms with van der Waals surface area (Å²) in [7, 11) is 0. The lowest BCUT2D eigenvalue weighted by molar-refractivity contribution is -0.133. The third-order valence-electron chi connectivity index (χ3n) is 6.49. The molecule has 1 aromatic heterocycles. The molecular formula is C21H25ClN4O3. The fourth-order valence-electron chi connectivity index (χ4n) is 4.35. The molecule has 8 heteroatoms. The van der Waals surface area contributed by atoms with Gasteiger partial charge in [-0.05, 0) is 74.6 Å². The van der Waals surface area contributed by atoms with E-state index in [1.165, 1.54) is 12.8 Å². The Hall–Kier alpha value is -2.28. The summed E-state index contributed by atoms with van der Waals surface area (Å²) in [6.07, 6.45) is 6.18. The smallest absolute Gasteiger partial charge is 0.316 e. The topological polar surface area (TPSA) is 80.5 Å². The SMILES string of the molecule is C[C@@H](Nc1nnc(C2CCc3cc(Cl)ccc3O2)o1)C(=O)N1CCC2(CC1)CC2. The lowest BCUT2D eigenvalue weighted by atomic mass is 9.93. The van der Waals surface area contributed by atoms with Crippen LogP contribution in [0.1, 0.15) is 56.6 Å². The van der Waals surface area contributed by atoms with Gasteiger partial charge in [-0.2, -0.15) is 0 Å². The molecule has 3 heterocycles. The van der Waals surface area contributed by atoms with E-state index in [2.05, 4.69) is 15.5 Å². The summed E-state index contributed by atoms with van der Waals surface area (Å²) >= 11 is 6.04. The molecule has 2 fully saturated rings. The zero-order valence-electron chi connectivity index (χ0n) is 16.5. The van der Waals surface area contributed by atoms with Gasteiger partial charge in [0.05, 0.1) is 0 Å². The standard InChI is InChI=1S/C21H25ClN4O3/c1-13(19(27)26-10-8-21(6-7-21)9-11-26)23-20-25-24-18(29-20)17-4-2-14-12-15(22)3-5-16(14)28-17/h3,5,12-13,17H,2,4,6-11H2,1H3,(H,23,25)/t13-,17?/m1/s1. The number of amides is 1. The van der Waals surface area contributed by atoms with Crippen molar-refractivity contribution in [3.05, 3.63) is 34.7 Å². The van der Waals surface area contributed by atoms with Gasteiger partial charge in [-0.3, -0.25) is 4.79 Å². The highest BCUT2D eigenvalue weighted by Crippen LogP contribution is 2.53. The Bertz CT molecular complexity index is 916. The normalized spacial score (nSPS) is 23.2. The number of hydrogen-bond donors (Lipinski definition) is 1. The summed E-state index contributed by atoms with van der Waals surface area (Å²) in [4.78, 5) is 14.7. The highest BCUT2D eigenvalue weighted by molar-refractivity contribution is 6.30. The number of anilines is 1. The van der Waals surface area contributed by atoms with Crippen molar-refractivity contribution in [2.24, 2.45) is 5.41 Å². The molecule has 29 heavy (non-hydrogen) atoms. The number of hydrogen-bond acceptors (Lipinski definition) is 6. The van der Waals surface area contributed by atoms with Crippen molar-refractivity contribution in [2.45, 2.75) is 57.6 Å². The number of carbonyl (C=O) groups is 1. The Labute approximate surface area is 174 Å². The van der Waals surface area contributed by atoms with Crippen LogP contribution >= 0.6 is 11.6 Å². The summed E-state index contributed by atoms with van der Waals surface area (Å²) in [5.74, 6) is 1.29. The predicted octanol–water partition coefficient (Wildman–Crippen LogP) is 3.99. The Morgan fingerprint density at radius 1 is 1.28 bits per heavy atom. The van der Waals surface area contributed by atoms with Gasteiger partial charge in [0.25, 0.3) is 5.89 Å². The third kappa shape index (κ3) is 3.80. The van der Waals surface area contributed by atoms with Crippen LogP contribution in [0.2, 0.25) is 5.02 Å². The van der Waals surface area contributed by atoms with E-state index in [0.717, 1.165) is 50.1 Å². The molecule has 7 nitrogen and oxygen atoms in total. The molecule has 2 aliphatic heterocycles. The minimum Gasteiger partial charge on any atom is -0.480 e. The first-order valence-corrected chi connectivity index (χ1v) is 10.7. The van der Waals surface area contributed by atoms with E-state index in [-0.39, 0.29) is 18.0 Å². The Morgan fingerprint density at radius 3 is 2.83 bits per heavy atom. The van der Waals surface area contributed by atoms with E-state index in [1.54, 1.807) is 0 Å². The molecule has 0 bridgehead atoms. The molecule has 1 saturated carbocycles. The molecule has 3 aliphatic rings. The predicted molar refractivity (Wildman–Crippen MR) is 108 cm³/mol. The lowest BCUT2D eigenvalue weighted by Gasteiger charge is -2.33. The number of fused-ring (bicyclic) bond motifs is 1. The quantitative estimate of drug-likeness (QED) is 0.811. The summed E-state index contributed by atoms with van der Waals surface area (Å²) in [6.45, 7) is 3.53. The Morgan fingerprint density at radius 2 is 2.07 bits per heavy atom. The fraction of sp³-hybridized carbons (Fsp3) is 0.571. The molecule has 2 aromatic rings. The van der Waals surface area contributed by atoms with Crippen LogP contribution in [0.5, 0.6) is 5.75 Å². The molecular weight excluding hydrogens is 392 g/mol. The number of aryl methyl sites for hydroxylation is 1. The maximum Gasteiger partial charge on any atom is 0.316 e. The van der Waals surface area contributed by atoms with Gasteiger partial charge in [0.2, 0.25) is 5.91 Å². The molecule has 1 aliphatic carbocycles. The van der Waals surface area contributed by atoms with Gasteiger partial charge in [0, 0.05) is 18.1 Å². The second-order valence-electron chi connectivity index (χ2n) is 8.53. The maximum atomic E-state index is 12.7. The number of benzene rings is 1. The van der Waals surface area contributed by atoms with Crippen molar-refractivity contribution in [3.63, 3.8) is 0 Å². The minimum absolute atomic E-state index is 0.0833. The highest BCUT2D eigenvalue weighted by Gasteiger charge is 2.45. The van der Waals surface area contributed by atoms with E-state index >= 15 is 0 Å². The first-order valence-electron chi connectivity index (χ1n) is 10.4. The number of piperidine rings is 1. The van der Waals surface area contributed by atoms with Crippen molar-refractivity contribution in [2.75, 3.05) is 18.4 Å². The molecule has 1 aromatic carbocycles. The van der Waals surface area contributed by atoms with Crippen LogP contribution in [-0.4, -0.2) is 40.1 Å². The Kier molecular flexibility index (Phi) is 4.65. The van der Waals surface area contributed by atoms with Crippen LogP contribution in [0, 0.1) is 5.41 Å². The van der Waals surface area contributed by atoms with Crippen LogP contribution in [-0.2, 0) is 11.2 Å². The molecule has 1 N–H and O–H groups in total. The number of nitrogens with one attached hydrogen (secondary N) is 1. The average molecular weight is 417 g/mol. The van der Waals surface area contributed by atoms with Crippen LogP contribution < -0.4 is 10.1 Å². The zero-order chi connectivity index (χ0) is 20.0. The first kappa shape index (κ1) is 18.7. The molecule has 1 amide bonds. The van der Waals surface area contributed by atoms with Crippen LogP contribution in [0.15, 0.2) is 22.6 Å². The van der Waals surface area contributed by atoms with Gasteiger partial charge in [-0.1, -0.05) is 16.7 Å². The van der Waals surface area contributed by atoms with Crippen molar-refractivity contribution >= 4 is 23.5 Å². The summed E-state index contributed by atoms with van der Waals surface area (Å²) in [5, 5.41) is 12.0. The van der Waals surface area contributed by atoms with Crippen molar-refractivity contribution in [1.29, 1.82) is 0 Å². The van der Waals surface area contributed by atoms with Gasteiger partial charge in [0.15, 0.2) is 6.10 Å². The third-order valence-corrected chi connectivity index (χ3v) is 6.72. The van der Waals surface area contributed by atoms with Crippen LogP contribution in [0.3, 0.4) is 0 Å². The van der Waals surface area contributed by atoms with E-state index in [1.807, 2.05) is 30.0 Å². The van der Waals surface area contributed by atoms with Crippen molar-refractivity contribution in [1.82, 2.24) is 15.1 Å². The number of nitrogens with zero attached hydrogens (tertiary/aromatic N) is 3. The van der Waals surface area contributed by atoms with Crippen LogP contribution in [0.25, 0.3) is 0 Å². The van der Waals surface area contributed by atoms with E-state index in [0.29, 0.717) is 16.3 Å². The van der Waals surface area contributed by atoms with Crippen molar-refractivity contribution < 1.29 is 13.9 Å². The van der Waals surface area contributed by atoms with Gasteiger partial charge in [-0.15, -0.1) is 5.10 Å². The number of halogens is 1. The number of ether oxygens (including phenoxy) is 1. The fourth-order valence-corrected chi connectivity index (χ4v) is 4.55. The second-order valence-corrected chi connectivity index (χ2v) is 8.97. The second kappa shape index (κ2) is 7.20. The van der Waals surface area contributed by atoms with Gasteiger partial charge < -0.3 is 19.4 Å². The van der Waals surface area contributed by atoms with E-state index < -0.39 is 6.04 Å². The van der Waals surface area contributed by atoms with Crippen molar-refractivity contribution in [3.8, 4) is 5.75 Å². The van der Waals surface area contributed by atoms with E-state index in [9.17, 15) is 4.79 Å². The van der Waals surface area contributed by atoms with Gasteiger partial charge >= 0.3 is 6.01 Å². The largest absolute Gasteiger partial charge is 0.480 e. The molecule has 2 atom stereocenters. The maximum absolute atomic E-state index is 12.7. The minimum atomic E-state index is -0.410. The summed E-state index contributed by atoms with van der Waals surface area (Å²) in [5.41, 5.74) is 1.64. The summed E-state index contributed by atoms with van der Waals surface area (Å²) in [6, 6.07) is 5.44. The van der Waals surface area contributed by atoms with E-state index in [4.69, 9.17) is 20.8 Å². The molecule has 5 rings (SSSR count).